The van der Waals surface area contributed by atoms with E-state index in [1.807, 2.05) is 0 Å². The molecule has 14 heteroatoms. The molecule has 1 heterocycles. The first-order chi connectivity index (χ1) is 6.12. The SMILES string of the molecule is [O]=[Nb].[O]=[W]1(=[O])[O][W](=[O])(=[O])[O][W](=[O])(=[O])[O]1. The molecule has 1 rings (SSSR count). The molecule has 10 nitrogen and oxygen atoms in total. The van der Waals surface area contributed by atoms with Crippen molar-refractivity contribution in [2.24, 2.45) is 0 Å². The third kappa shape index (κ3) is 5.39. The fourth-order valence-electron chi connectivity index (χ4n) is 0.340. The van der Waals surface area contributed by atoms with Crippen LogP contribution in [0.2, 0.25) is 0 Å². The second kappa shape index (κ2) is 5.08. The quantitative estimate of drug-likeness (QED) is 0.278. The second-order valence-corrected chi connectivity index (χ2v) is 23.7. The van der Waals surface area contributed by atoms with Crippen LogP contribution in [0.1, 0.15) is 0 Å². The Bertz CT molecular complexity index is 387. The summed E-state index contributed by atoms with van der Waals surface area (Å²) < 4.78 is 80.8. The van der Waals surface area contributed by atoms with Crippen LogP contribution >= 0.6 is 0 Å². The Morgan fingerprint density at radius 2 is 0.714 bits per heavy atom. The molecule has 0 radical (unpaired) electrons. The van der Waals surface area contributed by atoms with Gasteiger partial charge in [-0.2, -0.15) is 0 Å². The first kappa shape index (κ1) is 15.3. The van der Waals surface area contributed by atoms with Gasteiger partial charge in [-0.25, -0.2) is 0 Å². The number of hydrogen-bond donors (Lipinski definition) is 0. The van der Waals surface area contributed by atoms with E-state index in [1.165, 1.54) is 0 Å². The van der Waals surface area contributed by atoms with Crippen molar-refractivity contribution in [2.45, 2.75) is 0 Å². The Kier molecular flexibility index (Phi) is 5.54. The maximum absolute atomic E-state index is 10.4. The van der Waals surface area contributed by atoms with Crippen molar-refractivity contribution in [1.29, 1.82) is 0 Å². The molecule has 0 amide bonds. The molecule has 0 aromatic heterocycles. The van der Waals surface area contributed by atoms with Crippen LogP contribution < -0.4 is 0 Å². The van der Waals surface area contributed by atoms with E-state index in [-0.39, 0.29) is 0 Å². The van der Waals surface area contributed by atoms with E-state index in [4.69, 9.17) is 3.25 Å². The molecule has 0 aromatic carbocycles. The molecular weight excluding hydrogens is 804 g/mol. The minimum absolute atomic E-state index is 0.500. The van der Waals surface area contributed by atoms with E-state index in [9.17, 15) is 20.4 Å². The van der Waals surface area contributed by atoms with Gasteiger partial charge >= 0.3 is 101 Å². The first-order valence-corrected chi connectivity index (χ1v) is 17.5. The Labute approximate surface area is 99.7 Å². The molecule has 0 aliphatic carbocycles. The predicted molar refractivity (Wildman–Crippen MR) is 8.06 cm³/mol. The van der Waals surface area contributed by atoms with Gasteiger partial charge in [-0.05, 0) is 0 Å². The van der Waals surface area contributed by atoms with Gasteiger partial charge in [0.2, 0.25) is 0 Å². The van der Waals surface area contributed by atoms with Crippen LogP contribution in [0.25, 0.3) is 0 Å². The summed E-state index contributed by atoms with van der Waals surface area (Å²) in [4.78, 5) is 0. The van der Waals surface area contributed by atoms with Crippen molar-refractivity contribution in [3.63, 3.8) is 0 Å². The molecule has 0 bridgehead atoms. The fraction of sp³-hybridized carbons (Fsp3) is 0. The molecule has 1 saturated heterocycles. The maximum atomic E-state index is 10.4. The fourth-order valence-corrected chi connectivity index (χ4v) is 39.2. The first-order valence-electron chi connectivity index (χ1n) is 2.18. The molecular formula is NbO10W3. The summed E-state index contributed by atoms with van der Waals surface area (Å²) in [5.41, 5.74) is 0. The van der Waals surface area contributed by atoms with E-state index in [1.54, 1.807) is 0 Å². The van der Waals surface area contributed by atoms with Crippen molar-refractivity contribution in [2.75, 3.05) is 0 Å². The van der Waals surface area contributed by atoms with Gasteiger partial charge in [0.05, 0.1) is 0 Å². The average Bonchev–Trinajstić information content (AvgIpc) is 1.79. The summed E-state index contributed by atoms with van der Waals surface area (Å²) in [7, 11) is 0. The van der Waals surface area contributed by atoms with Crippen LogP contribution in [-0.2, 0) is 101 Å². The summed E-state index contributed by atoms with van der Waals surface area (Å²) in [5.74, 6) is 0. The Morgan fingerprint density at radius 3 is 0.857 bits per heavy atom. The summed E-state index contributed by atoms with van der Waals surface area (Å²) >= 11 is -18.3. The molecule has 14 heavy (non-hydrogen) atoms. The van der Waals surface area contributed by atoms with Gasteiger partial charge in [0.1, 0.15) is 0 Å². The van der Waals surface area contributed by atoms with Crippen molar-refractivity contribution < 1.29 is 101 Å². The Hall–Kier alpha value is 1.29. The predicted octanol–water partition coefficient (Wildman–Crippen LogP) is -1.05. The average molecular weight is 804 g/mol. The van der Waals surface area contributed by atoms with Crippen molar-refractivity contribution >= 4 is 0 Å². The molecule has 1 aliphatic rings. The summed E-state index contributed by atoms with van der Waals surface area (Å²) in [5, 5.41) is 0. The minimum atomic E-state index is -6.26. The zero-order chi connectivity index (χ0) is 11.6. The van der Waals surface area contributed by atoms with Crippen molar-refractivity contribution in [3.8, 4) is 0 Å². The van der Waals surface area contributed by atoms with Crippen LogP contribution in [0.15, 0.2) is 0 Å². The van der Waals surface area contributed by atoms with Crippen LogP contribution in [0.5, 0.6) is 0 Å². The monoisotopic (exact) mass is 805 g/mol. The van der Waals surface area contributed by atoms with Crippen LogP contribution in [-0.4, -0.2) is 0 Å². The molecule has 1 fully saturated rings. The Balaban J connectivity index is 0.000000791. The van der Waals surface area contributed by atoms with Gasteiger partial charge in [0, 0.05) is 0 Å². The standard InChI is InChI=1S/Nb.10O.3W. The summed E-state index contributed by atoms with van der Waals surface area (Å²) in [6, 6.07) is 0. The van der Waals surface area contributed by atoms with E-state index >= 15 is 0 Å². The van der Waals surface area contributed by atoms with Gasteiger partial charge in [-0.3, -0.25) is 0 Å². The third-order valence-corrected chi connectivity index (χ3v) is 33.5. The molecule has 0 saturated carbocycles. The topological polar surface area (TPSA) is 147 Å². The van der Waals surface area contributed by atoms with Crippen LogP contribution in [0, 0.1) is 0 Å². The van der Waals surface area contributed by atoms with Gasteiger partial charge in [-0.1, -0.05) is 0 Å². The molecule has 1 aliphatic heterocycles. The van der Waals surface area contributed by atoms with Crippen LogP contribution in [0.3, 0.4) is 0 Å². The molecule has 0 atom stereocenters. The summed E-state index contributed by atoms with van der Waals surface area (Å²) in [6.45, 7) is 0. The van der Waals surface area contributed by atoms with Crippen molar-refractivity contribution in [3.05, 3.63) is 0 Å². The molecule has 0 aromatic rings. The zero-order valence-electron chi connectivity index (χ0n) is 5.75. The van der Waals surface area contributed by atoms with Crippen molar-refractivity contribution in [1.82, 2.24) is 0 Å². The van der Waals surface area contributed by atoms with E-state index in [0.717, 1.165) is 0 Å². The number of hydrogen-bond acceptors (Lipinski definition) is 10. The Morgan fingerprint density at radius 1 is 0.571 bits per heavy atom. The van der Waals surface area contributed by atoms with E-state index in [0.29, 0.717) is 21.0 Å². The zero-order valence-corrected chi connectivity index (χ0v) is 16.8. The third-order valence-electron chi connectivity index (χ3n) is 0.500. The molecule has 0 N–H and O–H groups in total. The molecule has 83 valence electrons. The van der Waals surface area contributed by atoms with Crippen LogP contribution in [0.4, 0.5) is 0 Å². The normalized spacial score (nSPS) is 26.8. The number of rotatable bonds is 0. The van der Waals surface area contributed by atoms with Gasteiger partial charge in [0.15, 0.2) is 0 Å². The molecule has 0 spiro atoms. The van der Waals surface area contributed by atoms with E-state index < -0.39 is 50.2 Å². The summed E-state index contributed by atoms with van der Waals surface area (Å²) in [6.07, 6.45) is 0. The van der Waals surface area contributed by atoms with Gasteiger partial charge < -0.3 is 0 Å². The van der Waals surface area contributed by atoms with E-state index in [2.05, 4.69) is 6.13 Å². The molecule has 0 unspecified atom stereocenters. The van der Waals surface area contributed by atoms with Gasteiger partial charge in [0.25, 0.3) is 0 Å². The second-order valence-electron chi connectivity index (χ2n) is 1.43. The van der Waals surface area contributed by atoms with Gasteiger partial charge in [-0.15, -0.1) is 0 Å².